The third kappa shape index (κ3) is 3.10. The SMILES string of the molecule is CC(O)CN(C)C(=O)N1CCC(C(=O)O)C1. The van der Waals surface area contributed by atoms with Crippen LogP contribution in [0.15, 0.2) is 0 Å². The van der Waals surface area contributed by atoms with E-state index in [0.717, 1.165) is 0 Å². The molecular formula is C10H18N2O4. The number of carboxylic acid groups (broad SMARTS) is 1. The molecule has 2 N–H and O–H groups in total. The van der Waals surface area contributed by atoms with Gasteiger partial charge in [0.2, 0.25) is 0 Å². The van der Waals surface area contributed by atoms with E-state index >= 15 is 0 Å². The highest BCUT2D eigenvalue weighted by atomic mass is 16.4. The first-order valence-corrected chi connectivity index (χ1v) is 5.32. The molecule has 1 aliphatic heterocycles. The van der Waals surface area contributed by atoms with Crippen LogP contribution in [0.1, 0.15) is 13.3 Å². The van der Waals surface area contributed by atoms with Crippen molar-refractivity contribution >= 4 is 12.0 Å². The molecule has 92 valence electrons. The van der Waals surface area contributed by atoms with Crippen LogP contribution in [0.25, 0.3) is 0 Å². The number of urea groups is 1. The first-order valence-electron chi connectivity index (χ1n) is 5.32. The van der Waals surface area contributed by atoms with E-state index in [0.29, 0.717) is 13.0 Å². The van der Waals surface area contributed by atoms with Crippen molar-refractivity contribution in [1.29, 1.82) is 0 Å². The zero-order valence-corrected chi connectivity index (χ0v) is 9.59. The first-order chi connectivity index (χ1) is 7.41. The molecule has 6 nitrogen and oxygen atoms in total. The van der Waals surface area contributed by atoms with Crippen molar-refractivity contribution in [2.24, 2.45) is 5.92 Å². The molecule has 16 heavy (non-hydrogen) atoms. The minimum Gasteiger partial charge on any atom is -0.481 e. The van der Waals surface area contributed by atoms with Gasteiger partial charge in [-0.1, -0.05) is 0 Å². The van der Waals surface area contributed by atoms with Gasteiger partial charge in [-0.15, -0.1) is 0 Å². The Hall–Kier alpha value is -1.30. The Morgan fingerprint density at radius 1 is 1.56 bits per heavy atom. The standard InChI is InChI=1S/C10H18N2O4/c1-7(13)5-11(2)10(16)12-4-3-8(6-12)9(14)15/h7-8,13H,3-6H2,1-2H3,(H,14,15). The van der Waals surface area contributed by atoms with Crippen molar-refractivity contribution in [2.75, 3.05) is 26.7 Å². The van der Waals surface area contributed by atoms with Gasteiger partial charge in [0.15, 0.2) is 0 Å². The maximum atomic E-state index is 11.8. The largest absolute Gasteiger partial charge is 0.481 e. The number of aliphatic hydroxyl groups excluding tert-OH is 1. The number of amides is 2. The lowest BCUT2D eigenvalue weighted by molar-refractivity contribution is -0.141. The number of carboxylic acids is 1. The van der Waals surface area contributed by atoms with Crippen molar-refractivity contribution in [3.63, 3.8) is 0 Å². The number of likely N-dealkylation sites (N-methyl/N-ethyl adjacent to an activating group) is 1. The summed E-state index contributed by atoms with van der Waals surface area (Å²) in [5, 5.41) is 18.0. The van der Waals surface area contributed by atoms with Gasteiger partial charge in [0, 0.05) is 26.7 Å². The smallest absolute Gasteiger partial charge is 0.319 e. The molecule has 0 aromatic heterocycles. The number of rotatable bonds is 3. The van der Waals surface area contributed by atoms with Crippen molar-refractivity contribution in [3.8, 4) is 0 Å². The number of aliphatic carboxylic acids is 1. The summed E-state index contributed by atoms with van der Waals surface area (Å²) in [6.07, 6.45) is -0.0735. The first kappa shape index (κ1) is 12.8. The van der Waals surface area contributed by atoms with Gasteiger partial charge in [-0.2, -0.15) is 0 Å². The summed E-state index contributed by atoms with van der Waals surface area (Å²) in [6, 6.07) is -0.218. The zero-order valence-electron chi connectivity index (χ0n) is 9.59. The molecule has 0 radical (unpaired) electrons. The maximum Gasteiger partial charge on any atom is 0.319 e. The second-order valence-corrected chi connectivity index (χ2v) is 4.28. The van der Waals surface area contributed by atoms with Crippen molar-refractivity contribution < 1.29 is 19.8 Å². The number of likely N-dealkylation sites (tertiary alicyclic amines) is 1. The van der Waals surface area contributed by atoms with E-state index < -0.39 is 18.0 Å². The Morgan fingerprint density at radius 3 is 2.62 bits per heavy atom. The van der Waals surface area contributed by atoms with Crippen LogP contribution in [0.5, 0.6) is 0 Å². The Bertz CT molecular complexity index is 280. The summed E-state index contributed by atoms with van der Waals surface area (Å²) in [4.78, 5) is 25.4. The van der Waals surface area contributed by atoms with Crippen LogP contribution in [0.2, 0.25) is 0 Å². The molecule has 0 saturated carbocycles. The third-order valence-electron chi connectivity index (χ3n) is 2.67. The van der Waals surface area contributed by atoms with Gasteiger partial charge in [0.1, 0.15) is 0 Å². The average molecular weight is 230 g/mol. The molecule has 0 aromatic rings. The average Bonchev–Trinajstić information content (AvgIpc) is 2.64. The van der Waals surface area contributed by atoms with Gasteiger partial charge < -0.3 is 20.0 Å². The summed E-state index contributed by atoms with van der Waals surface area (Å²) in [6.45, 7) is 2.60. The van der Waals surface area contributed by atoms with Gasteiger partial charge in [-0.25, -0.2) is 4.79 Å². The van der Waals surface area contributed by atoms with E-state index in [1.165, 1.54) is 9.80 Å². The Balaban J connectivity index is 2.47. The monoisotopic (exact) mass is 230 g/mol. The fraction of sp³-hybridized carbons (Fsp3) is 0.800. The molecule has 2 unspecified atom stereocenters. The van der Waals surface area contributed by atoms with Gasteiger partial charge in [0.05, 0.1) is 12.0 Å². The number of carbonyl (C=O) groups excluding carboxylic acids is 1. The minimum atomic E-state index is -0.853. The van der Waals surface area contributed by atoms with Crippen LogP contribution in [0.4, 0.5) is 4.79 Å². The molecule has 2 amide bonds. The fourth-order valence-corrected chi connectivity index (χ4v) is 1.85. The second kappa shape index (κ2) is 5.16. The molecule has 0 aliphatic carbocycles. The van der Waals surface area contributed by atoms with Gasteiger partial charge >= 0.3 is 12.0 Å². The molecule has 1 fully saturated rings. The lowest BCUT2D eigenvalue weighted by atomic mass is 10.1. The van der Waals surface area contributed by atoms with Crippen molar-refractivity contribution in [1.82, 2.24) is 9.80 Å². The van der Waals surface area contributed by atoms with Crippen LogP contribution in [-0.2, 0) is 4.79 Å². The number of aliphatic hydroxyl groups is 1. The predicted octanol–water partition coefficient (Wildman–Crippen LogP) is -0.175. The lowest BCUT2D eigenvalue weighted by Crippen LogP contribution is -2.42. The summed E-state index contributed by atoms with van der Waals surface area (Å²) < 4.78 is 0. The van der Waals surface area contributed by atoms with E-state index in [9.17, 15) is 9.59 Å². The van der Waals surface area contributed by atoms with E-state index in [1.54, 1.807) is 14.0 Å². The molecule has 1 heterocycles. The van der Waals surface area contributed by atoms with Crippen LogP contribution in [-0.4, -0.2) is 64.8 Å². The van der Waals surface area contributed by atoms with Gasteiger partial charge in [-0.3, -0.25) is 4.79 Å². The second-order valence-electron chi connectivity index (χ2n) is 4.28. The Labute approximate surface area is 94.4 Å². The van der Waals surface area contributed by atoms with E-state index in [-0.39, 0.29) is 19.1 Å². The van der Waals surface area contributed by atoms with Crippen molar-refractivity contribution in [2.45, 2.75) is 19.4 Å². The number of carbonyl (C=O) groups is 2. The number of hydrogen-bond acceptors (Lipinski definition) is 3. The summed E-state index contributed by atoms with van der Waals surface area (Å²) in [5.41, 5.74) is 0. The number of hydrogen-bond donors (Lipinski definition) is 2. The molecule has 0 aromatic carbocycles. The Morgan fingerprint density at radius 2 is 2.19 bits per heavy atom. The van der Waals surface area contributed by atoms with E-state index in [4.69, 9.17) is 10.2 Å². The molecular weight excluding hydrogens is 212 g/mol. The molecule has 1 rings (SSSR count). The summed E-state index contributed by atoms with van der Waals surface area (Å²) >= 11 is 0. The molecule has 1 aliphatic rings. The van der Waals surface area contributed by atoms with Crippen molar-refractivity contribution in [3.05, 3.63) is 0 Å². The minimum absolute atomic E-state index is 0.218. The highest BCUT2D eigenvalue weighted by Crippen LogP contribution is 2.17. The predicted molar refractivity (Wildman–Crippen MR) is 57.0 cm³/mol. The topological polar surface area (TPSA) is 81.1 Å². The fourth-order valence-electron chi connectivity index (χ4n) is 1.85. The lowest BCUT2D eigenvalue weighted by Gasteiger charge is -2.25. The molecule has 2 atom stereocenters. The van der Waals surface area contributed by atoms with E-state index in [2.05, 4.69) is 0 Å². The number of nitrogens with zero attached hydrogens (tertiary/aromatic N) is 2. The Kier molecular flexibility index (Phi) is 4.12. The van der Waals surface area contributed by atoms with Crippen LogP contribution in [0.3, 0.4) is 0 Å². The van der Waals surface area contributed by atoms with Crippen LogP contribution < -0.4 is 0 Å². The third-order valence-corrected chi connectivity index (χ3v) is 2.67. The summed E-state index contributed by atoms with van der Waals surface area (Å²) in [7, 11) is 1.60. The molecule has 0 spiro atoms. The maximum absolute atomic E-state index is 11.8. The molecule has 1 saturated heterocycles. The van der Waals surface area contributed by atoms with Gasteiger partial charge in [0.25, 0.3) is 0 Å². The normalized spacial score (nSPS) is 21.9. The van der Waals surface area contributed by atoms with Crippen LogP contribution >= 0.6 is 0 Å². The highest BCUT2D eigenvalue weighted by molar-refractivity contribution is 5.77. The zero-order chi connectivity index (χ0) is 12.3. The highest BCUT2D eigenvalue weighted by Gasteiger charge is 2.32. The van der Waals surface area contributed by atoms with E-state index in [1.807, 2.05) is 0 Å². The molecule has 6 heteroatoms. The van der Waals surface area contributed by atoms with Gasteiger partial charge in [-0.05, 0) is 13.3 Å². The quantitative estimate of drug-likeness (QED) is 0.705. The van der Waals surface area contributed by atoms with Crippen LogP contribution in [0, 0.1) is 5.92 Å². The molecule has 0 bridgehead atoms. The summed E-state index contributed by atoms with van der Waals surface area (Å²) in [5.74, 6) is -1.31.